The number of unbranched alkanes of at least 4 members (excludes halogenated alkanes) is 1. The van der Waals surface area contributed by atoms with Crippen LogP contribution < -0.4 is 5.32 Å². The van der Waals surface area contributed by atoms with Gasteiger partial charge >= 0.3 is 0 Å². The molecule has 2 N–H and O–H groups in total. The number of aromatic amines is 1. The minimum atomic E-state index is -0.350. The second kappa shape index (κ2) is 19.0. The lowest BCUT2D eigenvalue weighted by molar-refractivity contribution is -0.138. The molecule has 0 atom stereocenters. The first-order chi connectivity index (χ1) is 20.2. The first-order valence-electron chi connectivity index (χ1n) is 13.4. The molecule has 224 valence electrons. The van der Waals surface area contributed by atoms with Crippen LogP contribution in [0.1, 0.15) is 36.0 Å². The highest BCUT2D eigenvalue weighted by molar-refractivity contribution is 6.30. The van der Waals surface area contributed by atoms with Crippen LogP contribution in [0.2, 0.25) is 5.02 Å². The molecule has 0 spiro atoms. The van der Waals surface area contributed by atoms with Crippen molar-refractivity contribution in [2.24, 2.45) is 0 Å². The van der Waals surface area contributed by atoms with Crippen molar-refractivity contribution in [1.29, 1.82) is 0 Å². The number of halogens is 2. The van der Waals surface area contributed by atoms with Crippen LogP contribution in [-0.4, -0.2) is 69.4 Å². The maximum absolute atomic E-state index is 12.4. The molecule has 2 aromatic heterocycles. The fraction of sp³-hybridized carbons (Fsp3) is 0.333. The smallest absolute Gasteiger partial charge is 0.242 e. The molecule has 0 saturated carbocycles. The number of ether oxygens (including phenoxy) is 1. The molecule has 0 bridgehead atoms. The van der Waals surface area contributed by atoms with Gasteiger partial charge in [0.25, 0.3) is 0 Å². The molecule has 12 heteroatoms. The van der Waals surface area contributed by atoms with Crippen LogP contribution in [0.5, 0.6) is 0 Å². The first kappa shape index (κ1) is 34.0. The fourth-order valence-corrected chi connectivity index (χ4v) is 3.52. The SMILES string of the molecule is COCCN(C=O)C(=O)CCCCNc1n[nH]c(-c2cnncc2C)n1.Cc1ccc(Cl)c(F)c1.Cc1ccccc1. The number of hydrogen-bond acceptors (Lipinski definition) is 8. The van der Waals surface area contributed by atoms with E-state index in [1.165, 1.54) is 18.7 Å². The van der Waals surface area contributed by atoms with Gasteiger partial charge in [-0.15, -0.1) is 5.10 Å². The Morgan fingerprint density at radius 3 is 2.40 bits per heavy atom. The Morgan fingerprint density at radius 1 is 1.07 bits per heavy atom. The maximum Gasteiger partial charge on any atom is 0.242 e. The number of hydrogen-bond donors (Lipinski definition) is 2. The van der Waals surface area contributed by atoms with Gasteiger partial charge in [-0.25, -0.2) is 4.39 Å². The van der Waals surface area contributed by atoms with Crippen molar-refractivity contribution in [3.8, 4) is 11.4 Å². The highest BCUT2D eigenvalue weighted by Crippen LogP contribution is 2.18. The van der Waals surface area contributed by atoms with Crippen molar-refractivity contribution >= 4 is 29.9 Å². The highest BCUT2D eigenvalue weighted by Gasteiger charge is 2.12. The van der Waals surface area contributed by atoms with E-state index in [9.17, 15) is 14.0 Å². The molecule has 0 unspecified atom stereocenters. The minimum absolute atomic E-state index is 0.181. The normalized spacial score (nSPS) is 10.0. The predicted molar refractivity (Wildman–Crippen MR) is 161 cm³/mol. The molecule has 0 aliphatic carbocycles. The molecule has 2 aromatic carbocycles. The van der Waals surface area contributed by atoms with Crippen LogP contribution in [0, 0.1) is 26.6 Å². The Labute approximate surface area is 250 Å². The number of benzene rings is 2. The van der Waals surface area contributed by atoms with Gasteiger partial charge in [-0.05, 0) is 56.9 Å². The van der Waals surface area contributed by atoms with E-state index in [1.807, 2.05) is 32.0 Å². The van der Waals surface area contributed by atoms with Gasteiger partial charge in [-0.1, -0.05) is 53.6 Å². The number of amides is 2. The second-order valence-corrected chi connectivity index (χ2v) is 9.64. The number of nitrogens with zero attached hydrogens (tertiary/aromatic N) is 5. The Bertz CT molecular complexity index is 1370. The van der Waals surface area contributed by atoms with Gasteiger partial charge in [-0.3, -0.25) is 19.6 Å². The van der Waals surface area contributed by atoms with Crippen LogP contribution >= 0.6 is 11.6 Å². The monoisotopic (exact) mass is 597 g/mol. The van der Waals surface area contributed by atoms with Crippen molar-refractivity contribution in [2.75, 3.05) is 32.1 Å². The van der Waals surface area contributed by atoms with E-state index >= 15 is 0 Å². The fourth-order valence-electron chi connectivity index (χ4n) is 3.40. The number of methoxy groups -OCH3 is 1. The molecule has 4 aromatic rings. The molecule has 0 radical (unpaired) electrons. The predicted octanol–water partition coefficient (Wildman–Crippen LogP) is 5.57. The Morgan fingerprint density at radius 2 is 1.81 bits per heavy atom. The molecule has 2 amide bonds. The second-order valence-electron chi connectivity index (χ2n) is 9.23. The number of H-pyrrole nitrogens is 1. The van der Waals surface area contributed by atoms with Gasteiger partial charge in [0.2, 0.25) is 18.3 Å². The molecule has 0 saturated heterocycles. The largest absolute Gasteiger partial charge is 0.383 e. The van der Waals surface area contributed by atoms with Crippen LogP contribution in [0.3, 0.4) is 0 Å². The Kier molecular flexibility index (Phi) is 15.4. The van der Waals surface area contributed by atoms with Gasteiger partial charge in [0, 0.05) is 25.6 Å². The molecule has 2 heterocycles. The summed E-state index contributed by atoms with van der Waals surface area (Å²) in [5.41, 5.74) is 4.00. The molecular formula is C30H37ClFN7O3. The van der Waals surface area contributed by atoms with Crippen molar-refractivity contribution in [2.45, 2.75) is 40.0 Å². The van der Waals surface area contributed by atoms with E-state index < -0.39 is 0 Å². The van der Waals surface area contributed by atoms with E-state index in [1.54, 1.807) is 24.5 Å². The molecule has 0 aliphatic heterocycles. The minimum Gasteiger partial charge on any atom is -0.383 e. The summed E-state index contributed by atoms with van der Waals surface area (Å²) in [5, 5.41) is 17.9. The van der Waals surface area contributed by atoms with E-state index in [4.69, 9.17) is 16.3 Å². The summed E-state index contributed by atoms with van der Waals surface area (Å²) in [6, 6.07) is 15.0. The average molecular weight is 598 g/mol. The highest BCUT2D eigenvalue weighted by atomic mass is 35.5. The van der Waals surface area contributed by atoms with E-state index in [0.29, 0.717) is 44.2 Å². The topological polar surface area (TPSA) is 126 Å². The third-order valence-corrected chi connectivity index (χ3v) is 6.08. The lowest BCUT2D eigenvalue weighted by atomic mass is 10.2. The lowest BCUT2D eigenvalue weighted by Crippen LogP contribution is -2.32. The van der Waals surface area contributed by atoms with Crippen LogP contribution in [0.25, 0.3) is 11.4 Å². The molecule has 10 nitrogen and oxygen atoms in total. The van der Waals surface area contributed by atoms with Crippen molar-refractivity contribution in [3.05, 3.63) is 88.5 Å². The van der Waals surface area contributed by atoms with Crippen molar-refractivity contribution in [3.63, 3.8) is 0 Å². The Hall–Kier alpha value is -4.22. The summed E-state index contributed by atoms with van der Waals surface area (Å²) in [4.78, 5) is 28.3. The summed E-state index contributed by atoms with van der Waals surface area (Å²) in [7, 11) is 1.53. The number of aryl methyl sites for hydroxylation is 3. The van der Waals surface area contributed by atoms with E-state index in [0.717, 1.165) is 28.0 Å². The zero-order valence-corrected chi connectivity index (χ0v) is 25.1. The van der Waals surface area contributed by atoms with Crippen molar-refractivity contribution in [1.82, 2.24) is 30.3 Å². The Balaban J connectivity index is 0.000000310. The summed E-state index contributed by atoms with van der Waals surface area (Å²) in [6.45, 7) is 7.06. The summed E-state index contributed by atoms with van der Waals surface area (Å²) < 4.78 is 17.3. The number of imide groups is 1. The number of nitrogens with one attached hydrogen (secondary N) is 2. The number of rotatable bonds is 11. The zero-order chi connectivity index (χ0) is 30.7. The van der Waals surface area contributed by atoms with Gasteiger partial charge in [0.15, 0.2) is 5.82 Å². The quantitative estimate of drug-likeness (QED) is 0.170. The van der Waals surface area contributed by atoms with Gasteiger partial charge in [-0.2, -0.15) is 15.2 Å². The van der Waals surface area contributed by atoms with Crippen LogP contribution in [0.15, 0.2) is 60.9 Å². The van der Waals surface area contributed by atoms with Crippen LogP contribution in [0.4, 0.5) is 10.3 Å². The van der Waals surface area contributed by atoms with Gasteiger partial charge in [0.1, 0.15) is 5.82 Å². The summed E-state index contributed by atoms with van der Waals surface area (Å²) in [6.07, 6.45) is 5.57. The molecule has 0 fully saturated rings. The number of aromatic nitrogens is 5. The third-order valence-electron chi connectivity index (χ3n) is 5.77. The first-order valence-corrected chi connectivity index (χ1v) is 13.7. The third kappa shape index (κ3) is 12.5. The van der Waals surface area contributed by atoms with Crippen LogP contribution in [-0.2, 0) is 14.3 Å². The number of carbonyl (C=O) groups is 2. The van der Waals surface area contributed by atoms with Gasteiger partial charge < -0.3 is 10.1 Å². The summed E-state index contributed by atoms with van der Waals surface area (Å²) >= 11 is 5.41. The standard InChI is InChI=1S/C16H23N7O3.C7H6ClF.C7H8/c1-12-9-18-19-10-13(12)15-20-16(22-21-15)17-6-4-3-5-14(25)23(11-24)7-8-26-2;1-5-2-3-6(8)7(9)4-5;1-7-5-3-2-4-6-7/h9-11H,3-8H2,1-2H3,(H2,17,20,21,22);2-4H,1H3;2-6H,1H3. The van der Waals surface area contributed by atoms with Gasteiger partial charge in [0.05, 0.1) is 30.6 Å². The van der Waals surface area contributed by atoms with E-state index in [-0.39, 0.29) is 23.3 Å². The lowest BCUT2D eigenvalue weighted by Gasteiger charge is -2.14. The average Bonchev–Trinajstić information content (AvgIpc) is 3.45. The number of carbonyl (C=O) groups excluding carboxylic acids is 2. The molecule has 4 rings (SSSR count). The van der Waals surface area contributed by atoms with E-state index in [2.05, 4.69) is 49.8 Å². The number of anilines is 1. The molecule has 0 aliphatic rings. The maximum atomic E-state index is 12.4. The zero-order valence-electron chi connectivity index (χ0n) is 24.3. The van der Waals surface area contributed by atoms with Crippen molar-refractivity contribution < 1.29 is 18.7 Å². The molecule has 42 heavy (non-hydrogen) atoms. The summed E-state index contributed by atoms with van der Waals surface area (Å²) in [5.74, 6) is 0.557. The molecular weight excluding hydrogens is 561 g/mol.